The number of likely N-dealkylation sites (N-methyl/N-ethyl adjacent to an activating group) is 1. The highest BCUT2D eigenvalue weighted by Gasteiger charge is 2.09. The van der Waals surface area contributed by atoms with Gasteiger partial charge in [0.2, 0.25) is 5.95 Å². The molecule has 0 fully saturated rings. The second kappa shape index (κ2) is 5.81. The zero-order valence-electron chi connectivity index (χ0n) is 11.4. The summed E-state index contributed by atoms with van der Waals surface area (Å²) >= 11 is 0. The molecule has 8 heteroatoms. The summed E-state index contributed by atoms with van der Waals surface area (Å²) in [7, 11) is 2.09. The van der Waals surface area contributed by atoms with Gasteiger partial charge in [-0.05, 0) is 20.9 Å². The Bertz CT molecular complexity index is 534. The average Bonchev–Trinajstić information content (AvgIpc) is 2.86. The maximum Gasteiger partial charge on any atom is 0.241 e. The lowest BCUT2D eigenvalue weighted by molar-refractivity contribution is 0.284. The molecule has 0 radical (unpaired) electrons. The third kappa shape index (κ3) is 3.09. The van der Waals surface area contributed by atoms with E-state index in [0.717, 1.165) is 24.3 Å². The number of aromatic amines is 1. The Balaban J connectivity index is 2.09. The van der Waals surface area contributed by atoms with Crippen molar-refractivity contribution in [2.45, 2.75) is 19.9 Å². The monoisotopic (exact) mass is 264 g/mol. The van der Waals surface area contributed by atoms with Crippen LogP contribution in [-0.4, -0.2) is 51.2 Å². The molecule has 0 aromatic carbocycles. The molecule has 2 aromatic rings. The number of hydrogen-bond acceptors (Lipinski definition) is 7. The van der Waals surface area contributed by atoms with Crippen LogP contribution in [0.1, 0.15) is 13.8 Å². The van der Waals surface area contributed by atoms with Gasteiger partial charge in [-0.25, -0.2) is 5.84 Å². The van der Waals surface area contributed by atoms with Crippen LogP contribution in [0.5, 0.6) is 0 Å². The van der Waals surface area contributed by atoms with Crippen LogP contribution in [0.3, 0.4) is 0 Å². The number of fused-ring (bicyclic) bond motifs is 1. The fourth-order valence-corrected chi connectivity index (χ4v) is 1.64. The predicted molar refractivity (Wildman–Crippen MR) is 75.7 cm³/mol. The molecule has 8 nitrogen and oxygen atoms in total. The van der Waals surface area contributed by atoms with E-state index in [1.165, 1.54) is 0 Å². The Morgan fingerprint density at radius 3 is 2.89 bits per heavy atom. The Morgan fingerprint density at radius 1 is 1.42 bits per heavy atom. The third-order valence-corrected chi connectivity index (χ3v) is 3.08. The van der Waals surface area contributed by atoms with Crippen molar-refractivity contribution in [3.05, 3.63) is 6.20 Å². The Kier molecular flexibility index (Phi) is 4.13. The molecule has 0 aliphatic heterocycles. The summed E-state index contributed by atoms with van der Waals surface area (Å²) in [6.45, 7) is 6.03. The number of anilines is 2. The Labute approximate surface area is 111 Å². The zero-order valence-corrected chi connectivity index (χ0v) is 11.4. The van der Waals surface area contributed by atoms with Crippen LogP contribution in [0.4, 0.5) is 11.8 Å². The standard InChI is InChI=1S/C11H20N8/c1-7(2)19(3)5-4-13-9-8-6-14-18-10(8)16-11(15-9)17-12/h6-7H,4-5,12H2,1-3H3,(H3,13,14,15,16,17,18). The molecule has 0 saturated heterocycles. The topological polar surface area (TPSA) is 108 Å². The second-order valence-electron chi connectivity index (χ2n) is 4.67. The predicted octanol–water partition coefficient (Wildman–Crippen LogP) is 0.391. The van der Waals surface area contributed by atoms with E-state index in [-0.39, 0.29) is 0 Å². The van der Waals surface area contributed by atoms with Gasteiger partial charge in [0.05, 0.1) is 11.6 Å². The minimum absolute atomic E-state index is 0.358. The summed E-state index contributed by atoms with van der Waals surface area (Å²) in [4.78, 5) is 10.7. The van der Waals surface area contributed by atoms with E-state index in [4.69, 9.17) is 5.84 Å². The quantitative estimate of drug-likeness (QED) is 0.441. The van der Waals surface area contributed by atoms with Crippen molar-refractivity contribution in [2.24, 2.45) is 5.84 Å². The minimum atomic E-state index is 0.358. The maximum atomic E-state index is 5.35. The van der Waals surface area contributed by atoms with Crippen molar-refractivity contribution in [1.82, 2.24) is 25.1 Å². The number of hydrogen-bond donors (Lipinski definition) is 4. The number of hydrazine groups is 1. The first-order chi connectivity index (χ1) is 9.11. The highest BCUT2D eigenvalue weighted by Crippen LogP contribution is 2.19. The van der Waals surface area contributed by atoms with Crippen LogP contribution in [0.2, 0.25) is 0 Å². The van der Waals surface area contributed by atoms with Gasteiger partial charge in [-0.15, -0.1) is 0 Å². The SMILES string of the molecule is CC(C)N(C)CCNc1nc(NN)nc2[nH]ncc12. The van der Waals surface area contributed by atoms with E-state index in [2.05, 4.69) is 56.7 Å². The summed E-state index contributed by atoms with van der Waals surface area (Å²) < 4.78 is 0. The number of H-pyrrole nitrogens is 1. The van der Waals surface area contributed by atoms with Crippen molar-refractivity contribution < 1.29 is 0 Å². The molecule has 19 heavy (non-hydrogen) atoms. The molecule has 0 aliphatic carbocycles. The Hall–Kier alpha value is -1.93. The number of rotatable bonds is 6. The third-order valence-electron chi connectivity index (χ3n) is 3.08. The molecule has 2 heterocycles. The number of nitrogens with zero attached hydrogens (tertiary/aromatic N) is 4. The first kappa shape index (κ1) is 13.5. The lowest BCUT2D eigenvalue weighted by atomic mass is 10.3. The molecule has 0 amide bonds. The fraction of sp³-hybridized carbons (Fsp3) is 0.545. The van der Waals surface area contributed by atoms with Crippen molar-refractivity contribution >= 4 is 22.8 Å². The smallest absolute Gasteiger partial charge is 0.241 e. The van der Waals surface area contributed by atoms with Crippen LogP contribution in [0, 0.1) is 0 Å². The van der Waals surface area contributed by atoms with Gasteiger partial charge in [0.25, 0.3) is 0 Å². The van der Waals surface area contributed by atoms with E-state index in [1.54, 1.807) is 6.20 Å². The van der Waals surface area contributed by atoms with E-state index in [9.17, 15) is 0 Å². The fourth-order valence-electron chi connectivity index (χ4n) is 1.64. The molecule has 0 spiro atoms. The molecule has 5 N–H and O–H groups in total. The molecule has 2 rings (SSSR count). The van der Waals surface area contributed by atoms with Gasteiger partial charge in [0, 0.05) is 19.1 Å². The lowest BCUT2D eigenvalue weighted by Crippen LogP contribution is -2.31. The number of aromatic nitrogens is 4. The summed E-state index contributed by atoms with van der Waals surface area (Å²) in [6, 6.07) is 0.516. The van der Waals surface area contributed by atoms with Crippen LogP contribution in [-0.2, 0) is 0 Å². The molecule has 0 saturated carbocycles. The van der Waals surface area contributed by atoms with Crippen LogP contribution < -0.4 is 16.6 Å². The van der Waals surface area contributed by atoms with Crippen molar-refractivity contribution in [3.63, 3.8) is 0 Å². The van der Waals surface area contributed by atoms with Crippen molar-refractivity contribution in [3.8, 4) is 0 Å². The van der Waals surface area contributed by atoms with E-state index >= 15 is 0 Å². The first-order valence-corrected chi connectivity index (χ1v) is 6.23. The second-order valence-corrected chi connectivity index (χ2v) is 4.67. The summed E-state index contributed by atoms with van der Waals surface area (Å²) in [5.41, 5.74) is 3.10. The number of nitrogens with two attached hydrogens (primary N) is 1. The highest BCUT2D eigenvalue weighted by molar-refractivity contribution is 5.86. The van der Waals surface area contributed by atoms with Crippen LogP contribution in [0.15, 0.2) is 6.20 Å². The zero-order chi connectivity index (χ0) is 13.8. The molecule has 0 unspecified atom stereocenters. The van der Waals surface area contributed by atoms with Gasteiger partial charge in [-0.2, -0.15) is 15.1 Å². The van der Waals surface area contributed by atoms with Crippen molar-refractivity contribution in [1.29, 1.82) is 0 Å². The van der Waals surface area contributed by atoms with Gasteiger partial charge < -0.3 is 10.2 Å². The molecule has 2 aromatic heterocycles. The van der Waals surface area contributed by atoms with Crippen molar-refractivity contribution in [2.75, 3.05) is 30.9 Å². The summed E-state index contributed by atoms with van der Waals surface area (Å²) in [6.07, 6.45) is 1.70. The van der Waals surface area contributed by atoms with Crippen LogP contribution >= 0.6 is 0 Å². The minimum Gasteiger partial charge on any atom is -0.368 e. The summed E-state index contributed by atoms with van der Waals surface area (Å²) in [5.74, 6) is 6.43. The molecular formula is C11H20N8. The number of nitrogen functional groups attached to an aromatic ring is 1. The number of nitrogens with one attached hydrogen (secondary N) is 3. The van der Waals surface area contributed by atoms with Gasteiger partial charge in [0.1, 0.15) is 5.82 Å². The molecule has 0 aliphatic rings. The highest BCUT2D eigenvalue weighted by atomic mass is 15.3. The van der Waals surface area contributed by atoms with Gasteiger partial charge in [-0.3, -0.25) is 10.5 Å². The molecule has 0 atom stereocenters. The van der Waals surface area contributed by atoms with E-state index < -0.39 is 0 Å². The molecular weight excluding hydrogens is 244 g/mol. The maximum absolute atomic E-state index is 5.35. The van der Waals surface area contributed by atoms with Gasteiger partial charge in [-0.1, -0.05) is 0 Å². The van der Waals surface area contributed by atoms with E-state index in [1.807, 2.05) is 0 Å². The molecule has 104 valence electrons. The first-order valence-electron chi connectivity index (χ1n) is 6.23. The van der Waals surface area contributed by atoms with E-state index in [0.29, 0.717) is 17.6 Å². The summed E-state index contributed by atoms with van der Waals surface area (Å²) in [5, 5.41) is 10.9. The molecule has 0 bridgehead atoms. The normalized spacial score (nSPS) is 11.5. The Morgan fingerprint density at radius 2 is 2.21 bits per heavy atom. The van der Waals surface area contributed by atoms with Crippen LogP contribution in [0.25, 0.3) is 11.0 Å². The van der Waals surface area contributed by atoms with Gasteiger partial charge >= 0.3 is 0 Å². The average molecular weight is 264 g/mol. The lowest BCUT2D eigenvalue weighted by Gasteiger charge is -2.21. The largest absolute Gasteiger partial charge is 0.368 e. The van der Waals surface area contributed by atoms with Gasteiger partial charge in [0.15, 0.2) is 5.65 Å².